The number of hydrogen-bond donors (Lipinski definition) is 0. The molecule has 1 saturated heterocycles. The number of anilines is 1. The van der Waals surface area contributed by atoms with Crippen molar-refractivity contribution in [2.24, 2.45) is 0 Å². The largest absolute Gasteiger partial charge is 0.352 e. The molecule has 1 aliphatic rings. The molecule has 138 valence electrons. The van der Waals surface area contributed by atoms with E-state index in [9.17, 15) is 9.18 Å². The quantitative estimate of drug-likeness (QED) is 0.675. The SMILES string of the molecule is CC(=O)N1CCN(c2nc(-c3ccccc3F)nc3ccc(Cl)cc23)CC1. The summed E-state index contributed by atoms with van der Waals surface area (Å²) in [5, 5.41) is 1.41. The van der Waals surface area contributed by atoms with E-state index in [1.807, 2.05) is 17.0 Å². The summed E-state index contributed by atoms with van der Waals surface area (Å²) in [6.45, 7) is 4.11. The van der Waals surface area contributed by atoms with Crippen LogP contribution in [0.2, 0.25) is 5.02 Å². The number of aromatic nitrogens is 2. The molecule has 0 N–H and O–H groups in total. The van der Waals surface area contributed by atoms with Crippen LogP contribution in [0.15, 0.2) is 42.5 Å². The minimum absolute atomic E-state index is 0.0669. The fraction of sp³-hybridized carbons (Fsp3) is 0.250. The maximum absolute atomic E-state index is 14.3. The molecule has 0 unspecified atom stereocenters. The Morgan fingerprint density at radius 2 is 1.81 bits per heavy atom. The van der Waals surface area contributed by atoms with E-state index in [1.165, 1.54) is 6.07 Å². The van der Waals surface area contributed by atoms with Crippen molar-refractivity contribution in [3.63, 3.8) is 0 Å². The lowest BCUT2D eigenvalue weighted by Gasteiger charge is -2.35. The normalized spacial score (nSPS) is 14.6. The molecule has 0 aliphatic carbocycles. The third-order valence-corrected chi connectivity index (χ3v) is 5.01. The molecule has 2 heterocycles. The van der Waals surface area contributed by atoms with Crippen molar-refractivity contribution in [3.8, 4) is 11.4 Å². The summed E-state index contributed by atoms with van der Waals surface area (Å²) in [6, 6.07) is 11.9. The number of rotatable bonds is 2. The number of hydrogen-bond acceptors (Lipinski definition) is 4. The van der Waals surface area contributed by atoms with Crippen LogP contribution in [0.3, 0.4) is 0 Å². The van der Waals surface area contributed by atoms with E-state index in [1.54, 1.807) is 31.2 Å². The van der Waals surface area contributed by atoms with E-state index >= 15 is 0 Å². The molecule has 5 nitrogen and oxygen atoms in total. The van der Waals surface area contributed by atoms with Crippen molar-refractivity contribution in [1.82, 2.24) is 14.9 Å². The van der Waals surface area contributed by atoms with Crippen LogP contribution in [0, 0.1) is 5.82 Å². The molecule has 2 aromatic carbocycles. The van der Waals surface area contributed by atoms with Gasteiger partial charge in [0.05, 0.1) is 11.1 Å². The Kier molecular flexibility index (Phi) is 4.66. The fourth-order valence-corrected chi connectivity index (χ4v) is 3.49. The summed E-state index contributed by atoms with van der Waals surface area (Å²) in [7, 11) is 0. The molecule has 1 aromatic heterocycles. The van der Waals surface area contributed by atoms with Crippen molar-refractivity contribution in [1.29, 1.82) is 0 Å². The van der Waals surface area contributed by atoms with E-state index < -0.39 is 0 Å². The van der Waals surface area contributed by atoms with Gasteiger partial charge in [-0.1, -0.05) is 23.7 Å². The number of amides is 1. The molecule has 0 atom stereocenters. The van der Waals surface area contributed by atoms with Crippen molar-refractivity contribution in [2.75, 3.05) is 31.1 Å². The number of carbonyl (C=O) groups excluding carboxylic acids is 1. The lowest BCUT2D eigenvalue weighted by Crippen LogP contribution is -2.48. The number of piperazine rings is 1. The number of fused-ring (bicyclic) bond motifs is 1. The molecule has 3 aromatic rings. The second-order valence-corrected chi connectivity index (χ2v) is 6.94. The fourth-order valence-electron chi connectivity index (χ4n) is 3.32. The lowest BCUT2D eigenvalue weighted by atomic mass is 10.1. The first-order chi connectivity index (χ1) is 13.0. The third kappa shape index (κ3) is 3.45. The predicted octanol–water partition coefficient (Wildman–Crippen LogP) is 3.76. The Balaban J connectivity index is 1.82. The van der Waals surface area contributed by atoms with E-state index in [-0.39, 0.29) is 11.7 Å². The summed E-state index contributed by atoms with van der Waals surface area (Å²) < 4.78 is 14.3. The van der Waals surface area contributed by atoms with Gasteiger partial charge in [-0.3, -0.25) is 4.79 Å². The molecule has 27 heavy (non-hydrogen) atoms. The van der Waals surface area contributed by atoms with Gasteiger partial charge in [0.2, 0.25) is 5.91 Å². The highest BCUT2D eigenvalue weighted by molar-refractivity contribution is 6.31. The first-order valence-corrected chi connectivity index (χ1v) is 9.13. The third-order valence-electron chi connectivity index (χ3n) is 4.78. The minimum atomic E-state index is -0.363. The molecule has 0 saturated carbocycles. The monoisotopic (exact) mass is 384 g/mol. The van der Waals surface area contributed by atoms with Gasteiger partial charge in [0.1, 0.15) is 11.6 Å². The number of nitrogens with zero attached hydrogens (tertiary/aromatic N) is 4. The van der Waals surface area contributed by atoms with Crippen molar-refractivity contribution < 1.29 is 9.18 Å². The van der Waals surface area contributed by atoms with E-state index in [0.717, 1.165) is 5.39 Å². The van der Waals surface area contributed by atoms with Gasteiger partial charge in [-0.15, -0.1) is 0 Å². The van der Waals surface area contributed by atoms with E-state index in [2.05, 4.69) is 14.9 Å². The summed E-state index contributed by atoms with van der Waals surface area (Å²) in [5.41, 5.74) is 1.06. The lowest BCUT2D eigenvalue weighted by molar-refractivity contribution is -0.129. The van der Waals surface area contributed by atoms with Gasteiger partial charge >= 0.3 is 0 Å². The van der Waals surface area contributed by atoms with Gasteiger partial charge < -0.3 is 9.80 Å². The molecule has 1 amide bonds. The molecule has 0 radical (unpaired) electrons. The second kappa shape index (κ2) is 7.12. The van der Waals surface area contributed by atoms with Crippen LogP contribution >= 0.6 is 11.6 Å². The average Bonchev–Trinajstić information content (AvgIpc) is 2.68. The Morgan fingerprint density at radius 3 is 2.52 bits per heavy atom. The minimum Gasteiger partial charge on any atom is -0.352 e. The van der Waals surface area contributed by atoms with Crippen LogP contribution in [0.5, 0.6) is 0 Å². The Morgan fingerprint density at radius 1 is 1.07 bits per heavy atom. The standard InChI is InChI=1S/C20H18ClFN4O/c1-13(27)25-8-10-26(11-9-25)20-16-12-14(21)6-7-18(16)23-19(24-20)15-4-2-3-5-17(15)22/h2-7,12H,8-11H2,1H3. The topological polar surface area (TPSA) is 49.3 Å². The molecule has 0 bridgehead atoms. The van der Waals surface area contributed by atoms with Gasteiger partial charge in [-0.2, -0.15) is 0 Å². The molecular weight excluding hydrogens is 367 g/mol. The number of carbonyl (C=O) groups is 1. The van der Waals surface area contributed by atoms with Crippen LogP contribution < -0.4 is 4.90 Å². The van der Waals surface area contributed by atoms with Crippen molar-refractivity contribution in [3.05, 3.63) is 53.3 Å². The van der Waals surface area contributed by atoms with Gasteiger partial charge in [-0.05, 0) is 30.3 Å². The van der Waals surface area contributed by atoms with E-state index in [4.69, 9.17) is 11.6 Å². The summed E-state index contributed by atoms with van der Waals surface area (Å²) >= 11 is 6.19. The predicted molar refractivity (Wildman–Crippen MR) is 104 cm³/mol. The van der Waals surface area contributed by atoms with Crippen LogP contribution in [-0.4, -0.2) is 47.0 Å². The highest BCUT2D eigenvalue weighted by Crippen LogP contribution is 2.31. The molecule has 1 fully saturated rings. The smallest absolute Gasteiger partial charge is 0.219 e. The average molecular weight is 385 g/mol. The van der Waals surface area contributed by atoms with Crippen LogP contribution in [0.25, 0.3) is 22.3 Å². The zero-order valence-corrected chi connectivity index (χ0v) is 15.6. The number of halogens is 2. The summed E-state index contributed by atoms with van der Waals surface area (Å²) in [5.74, 6) is 0.756. The Hall–Kier alpha value is -2.73. The second-order valence-electron chi connectivity index (χ2n) is 6.51. The van der Waals surface area contributed by atoms with Gasteiger partial charge in [-0.25, -0.2) is 14.4 Å². The highest BCUT2D eigenvalue weighted by atomic mass is 35.5. The first kappa shape index (κ1) is 17.7. The Bertz CT molecular complexity index is 1020. The highest BCUT2D eigenvalue weighted by Gasteiger charge is 2.23. The first-order valence-electron chi connectivity index (χ1n) is 8.75. The van der Waals surface area contributed by atoms with Crippen molar-refractivity contribution >= 4 is 34.2 Å². The molecular formula is C20H18ClFN4O. The zero-order valence-electron chi connectivity index (χ0n) is 14.8. The Labute approximate surface area is 161 Å². The van der Waals surface area contributed by atoms with Gasteiger partial charge in [0.25, 0.3) is 0 Å². The molecule has 7 heteroatoms. The summed E-state index contributed by atoms with van der Waals surface area (Å²) in [6.07, 6.45) is 0. The van der Waals surface area contributed by atoms with Crippen molar-refractivity contribution in [2.45, 2.75) is 6.92 Å². The van der Waals surface area contributed by atoms with Crippen LogP contribution in [0.1, 0.15) is 6.92 Å². The molecule has 4 rings (SSSR count). The van der Waals surface area contributed by atoms with Crippen LogP contribution in [0.4, 0.5) is 10.2 Å². The maximum Gasteiger partial charge on any atom is 0.219 e. The van der Waals surface area contributed by atoms with Crippen LogP contribution in [-0.2, 0) is 4.79 Å². The van der Waals surface area contributed by atoms with E-state index in [0.29, 0.717) is 53.9 Å². The maximum atomic E-state index is 14.3. The molecule has 1 aliphatic heterocycles. The summed E-state index contributed by atoms with van der Waals surface area (Å²) in [4.78, 5) is 24.7. The van der Waals surface area contributed by atoms with Gasteiger partial charge in [0.15, 0.2) is 5.82 Å². The number of benzene rings is 2. The zero-order chi connectivity index (χ0) is 19.0. The molecule has 0 spiro atoms. The van der Waals surface area contributed by atoms with Gasteiger partial charge in [0, 0.05) is 43.5 Å².